The van der Waals surface area contributed by atoms with Crippen molar-refractivity contribution in [1.82, 2.24) is 10.2 Å². The van der Waals surface area contributed by atoms with Crippen LogP contribution in [0.2, 0.25) is 0 Å². The maximum atomic E-state index is 12.3. The van der Waals surface area contributed by atoms with E-state index in [1.54, 1.807) is 0 Å². The number of hydrogen-bond donors (Lipinski definition) is 2. The highest BCUT2D eigenvalue weighted by Crippen LogP contribution is 2.26. The largest absolute Gasteiger partial charge is 0.393 e. The molecule has 2 atom stereocenters. The van der Waals surface area contributed by atoms with Crippen LogP contribution in [0.5, 0.6) is 0 Å². The molecule has 5 heteroatoms. The van der Waals surface area contributed by atoms with E-state index >= 15 is 0 Å². The van der Waals surface area contributed by atoms with E-state index in [4.69, 9.17) is 0 Å². The Balaban J connectivity index is 1.87. The van der Waals surface area contributed by atoms with Crippen LogP contribution in [0, 0.1) is 17.2 Å². The van der Waals surface area contributed by atoms with Crippen LogP contribution in [-0.2, 0) is 4.79 Å². The maximum Gasteiger partial charge on any atom is 0.235 e. The number of aliphatic hydroxyl groups is 1. The lowest BCUT2D eigenvalue weighted by Gasteiger charge is -2.35. The minimum atomic E-state index is -0.658. The van der Waals surface area contributed by atoms with Crippen LogP contribution in [-0.4, -0.2) is 47.2 Å². The summed E-state index contributed by atoms with van der Waals surface area (Å²) in [6.07, 6.45) is 6.34. The molecule has 2 fully saturated rings. The Kier molecular flexibility index (Phi) is 5.60. The van der Waals surface area contributed by atoms with Crippen LogP contribution in [0.1, 0.15) is 51.9 Å². The molecule has 0 bridgehead atoms. The second-order valence-corrected chi connectivity index (χ2v) is 6.72. The normalized spacial score (nSPS) is 30.1. The topological polar surface area (TPSA) is 76.4 Å². The van der Waals surface area contributed by atoms with Crippen LogP contribution >= 0.6 is 0 Å². The number of nitrogens with zero attached hydrogens (tertiary/aromatic N) is 2. The van der Waals surface area contributed by atoms with Gasteiger partial charge in [0.2, 0.25) is 5.91 Å². The second kappa shape index (κ2) is 7.24. The van der Waals surface area contributed by atoms with Crippen molar-refractivity contribution in [2.24, 2.45) is 5.92 Å². The Morgan fingerprint density at radius 3 is 2.62 bits per heavy atom. The first-order valence-electron chi connectivity index (χ1n) is 8.17. The van der Waals surface area contributed by atoms with Crippen molar-refractivity contribution in [2.45, 2.75) is 63.5 Å². The second-order valence-electron chi connectivity index (χ2n) is 6.72. The lowest BCUT2D eigenvalue weighted by atomic mass is 9.91. The van der Waals surface area contributed by atoms with Gasteiger partial charge in [-0.25, -0.2) is 0 Å². The molecule has 0 aromatic heterocycles. The summed E-state index contributed by atoms with van der Waals surface area (Å²) in [6, 6.07) is 2.35. The highest BCUT2D eigenvalue weighted by Gasteiger charge is 2.33. The Hall–Kier alpha value is -1.12. The summed E-state index contributed by atoms with van der Waals surface area (Å²) in [5.41, 5.74) is -0.658. The Morgan fingerprint density at radius 1 is 1.38 bits per heavy atom. The van der Waals surface area contributed by atoms with E-state index in [-0.39, 0.29) is 17.9 Å². The highest BCUT2D eigenvalue weighted by atomic mass is 16.3. The number of carbonyl (C=O) groups excluding carboxylic acids is 1. The third-order valence-electron chi connectivity index (χ3n) is 4.86. The van der Waals surface area contributed by atoms with Crippen LogP contribution in [0.3, 0.4) is 0 Å². The molecule has 2 unspecified atom stereocenters. The SMILES string of the molecule is CC1CN(CC(=O)NC2(C#N)CCCCCC2)CCC1O. The average Bonchev–Trinajstić information content (AvgIpc) is 2.69. The van der Waals surface area contributed by atoms with Gasteiger partial charge in [0.05, 0.1) is 18.7 Å². The van der Waals surface area contributed by atoms with Gasteiger partial charge in [0.25, 0.3) is 0 Å². The molecule has 1 saturated carbocycles. The van der Waals surface area contributed by atoms with Gasteiger partial charge in [-0.1, -0.05) is 32.6 Å². The number of rotatable bonds is 3. The minimum absolute atomic E-state index is 0.0537. The van der Waals surface area contributed by atoms with Gasteiger partial charge in [-0.15, -0.1) is 0 Å². The molecule has 1 heterocycles. The molecule has 1 aliphatic heterocycles. The zero-order valence-electron chi connectivity index (χ0n) is 13.0. The maximum absolute atomic E-state index is 12.3. The van der Waals surface area contributed by atoms with Crippen molar-refractivity contribution in [3.8, 4) is 6.07 Å². The molecule has 2 N–H and O–H groups in total. The zero-order chi connectivity index (χ0) is 15.3. The number of hydrogen-bond acceptors (Lipinski definition) is 4. The van der Waals surface area contributed by atoms with Gasteiger partial charge in [0, 0.05) is 13.1 Å². The highest BCUT2D eigenvalue weighted by molar-refractivity contribution is 5.79. The fourth-order valence-electron chi connectivity index (χ4n) is 3.47. The van der Waals surface area contributed by atoms with Crippen molar-refractivity contribution in [3.63, 3.8) is 0 Å². The first-order chi connectivity index (χ1) is 10.0. The molecule has 0 spiro atoms. The molecule has 118 valence electrons. The van der Waals surface area contributed by atoms with E-state index in [1.165, 1.54) is 0 Å². The summed E-state index contributed by atoms with van der Waals surface area (Å²) in [6.45, 7) is 3.84. The summed E-state index contributed by atoms with van der Waals surface area (Å²) in [5.74, 6) is 0.149. The van der Waals surface area contributed by atoms with Gasteiger partial charge in [-0.2, -0.15) is 5.26 Å². The fraction of sp³-hybridized carbons (Fsp3) is 0.875. The number of nitriles is 1. The van der Waals surface area contributed by atoms with Crippen molar-refractivity contribution in [3.05, 3.63) is 0 Å². The molecule has 0 aromatic carbocycles. The molecule has 21 heavy (non-hydrogen) atoms. The third-order valence-corrected chi connectivity index (χ3v) is 4.86. The molecule has 0 aromatic rings. The number of amides is 1. The molecular weight excluding hydrogens is 266 g/mol. The van der Waals surface area contributed by atoms with Gasteiger partial charge in [-0.3, -0.25) is 9.69 Å². The fourth-order valence-corrected chi connectivity index (χ4v) is 3.47. The lowest BCUT2D eigenvalue weighted by molar-refractivity contribution is -0.124. The molecule has 5 nitrogen and oxygen atoms in total. The summed E-state index contributed by atoms with van der Waals surface area (Å²) in [4.78, 5) is 14.4. The lowest BCUT2D eigenvalue weighted by Crippen LogP contribution is -2.52. The summed E-state index contributed by atoms with van der Waals surface area (Å²) >= 11 is 0. The van der Waals surface area contributed by atoms with Gasteiger partial charge in [0.1, 0.15) is 5.54 Å². The van der Waals surface area contributed by atoms with Crippen LogP contribution < -0.4 is 5.32 Å². The van der Waals surface area contributed by atoms with Gasteiger partial charge < -0.3 is 10.4 Å². The van der Waals surface area contributed by atoms with Gasteiger partial charge in [-0.05, 0) is 25.2 Å². The Bertz CT molecular complexity index is 397. The zero-order valence-corrected chi connectivity index (χ0v) is 13.0. The molecule has 0 radical (unpaired) electrons. The van der Waals surface area contributed by atoms with E-state index < -0.39 is 5.54 Å². The first-order valence-corrected chi connectivity index (χ1v) is 8.17. The molecular formula is C16H27N3O2. The summed E-state index contributed by atoms with van der Waals surface area (Å²) in [7, 11) is 0. The quantitative estimate of drug-likeness (QED) is 0.772. The number of nitrogens with one attached hydrogen (secondary N) is 1. The van der Waals surface area contributed by atoms with Crippen molar-refractivity contribution in [1.29, 1.82) is 5.26 Å². The third kappa shape index (κ3) is 4.42. The molecule has 1 amide bonds. The van der Waals surface area contributed by atoms with Gasteiger partial charge in [0.15, 0.2) is 0 Å². The van der Waals surface area contributed by atoms with Crippen molar-refractivity contribution in [2.75, 3.05) is 19.6 Å². The van der Waals surface area contributed by atoms with Crippen LogP contribution in [0.15, 0.2) is 0 Å². The molecule has 1 saturated heterocycles. The van der Waals surface area contributed by atoms with Gasteiger partial charge >= 0.3 is 0 Å². The average molecular weight is 293 g/mol. The molecule has 2 rings (SSSR count). The first kappa shape index (κ1) is 16.3. The van der Waals surface area contributed by atoms with E-state index in [0.29, 0.717) is 6.54 Å². The Morgan fingerprint density at radius 2 is 2.05 bits per heavy atom. The summed E-state index contributed by atoms with van der Waals surface area (Å²) in [5, 5.41) is 22.2. The molecule has 2 aliphatic rings. The number of likely N-dealkylation sites (tertiary alicyclic amines) is 1. The standard InChI is InChI=1S/C16H27N3O2/c1-13-10-19(9-6-14(13)20)11-15(21)18-16(12-17)7-4-2-3-5-8-16/h13-14,20H,2-11H2,1H3,(H,18,21). The number of carbonyl (C=O) groups is 1. The Labute approximate surface area is 127 Å². The van der Waals surface area contributed by atoms with E-state index in [9.17, 15) is 15.2 Å². The number of piperidine rings is 1. The van der Waals surface area contributed by atoms with E-state index in [0.717, 1.165) is 58.0 Å². The van der Waals surface area contributed by atoms with Crippen molar-refractivity contribution >= 4 is 5.91 Å². The van der Waals surface area contributed by atoms with Crippen LogP contribution in [0.25, 0.3) is 0 Å². The van der Waals surface area contributed by atoms with Crippen LogP contribution in [0.4, 0.5) is 0 Å². The monoisotopic (exact) mass is 293 g/mol. The molecule has 1 aliphatic carbocycles. The van der Waals surface area contributed by atoms with Crippen molar-refractivity contribution < 1.29 is 9.90 Å². The number of aliphatic hydroxyl groups excluding tert-OH is 1. The van der Waals surface area contributed by atoms with E-state index in [2.05, 4.69) is 16.3 Å². The predicted octanol–water partition coefficient (Wildman–Crippen LogP) is 1.42. The smallest absolute Gasteiger partial charge is 0.235 e. The predicted molar refractivity (Wildman–Crippen MR) is 80.4 cm³/mol. The van der Waals surface area contributed by atoms with E-state index in [1.807, 2.05) is 6.92 Å². The minimum Gasteiger partial charge on any atom is -0.393 e. The summed E-state index contributed by atoms with van der Waals surface area (Å²) < 4.78 is 0.